The van der Waals surface area contributed by atoms with E-state index in [9.17, 15) is 4.79 Å². The molecule has 1 N–H and O–H groups in total. The van der Waals surface area contributed by atoms with Gasteiger partial charge in [-0.3, -0.25) is 4.79 Å². The van der Waals surface area contributed by atoms with Gasteiger partial charge in [0, 0.05) is 30.1 Å². The van der Waals surface area contributed by atoms with Gasteiger partial charge in [0.15, 0.2) is 11.5 Å². The maximum Gasteiger partial charge on any atom is 0.254 e. The SMILES string of the molecule is CCCN(C(=O)c1ccc(OCc2cscn2)c(OC)c1)C1CCNC1.Cl.Cl. The lowest BCUT2D eigenvalue weighted by Crippen LogP contribution is -2.42. The summed E-state index contributed by atoms with van der Waals surface area (Å²) in [6.45, 7) is 5.06. The van der Waals surface area contributed by atoms with E-state index in [1.54, 1.807) is 24.8 Å². The van der Waals surface area contributed by atoms with Crippen molar-refractivity contribution in [2.24, 2.45) is 0 Å². The largest absolute Gasteiger partial charge is 0.493 e. The second-order valence-electron chi connectivity index (χ2n) is 6.28. The van der Waals surface area contributed by atoms with Crippen LogP contribution in [0.15, 0.2) is 29.1 Å². The maximum atomic E-state index is 13.0. The fraction of sp³-hybridized carbons (Fsp3) is 0.474. The number of carbonyl (C=O) groups excluding carboxylic acids is 1. The molecule has 0 radical (unpaired) electrons. The van der Waals surface area contributed by atoms with Gasteiger partial charge in [0.2, 0.25) is 0 Å². The molecule has 6 nitrogen and oxygen atoms in total. The highest BCUT2D eigenvalue weighted by atomic mass is 35.5. The maximum absolute atomic E-state index is 13.0. The van der Waals surface area contributed by atoms with Gasteiger partial charge in [0.1, 0.15) is 6.61 Å². The average Bonchev–Trinajstić information content (AvgIpc) is 3.37. The molecule has 9 heteroatoms. The molecular weight excluding hydrogens is 421 g/mol. The summed E-state index contributed by atoms with van der Waals surface area (Å²) in [5.74, 6) is 1.22. The Bertz CT molecular complexity index is 725. The van der Waals surface area contributed by atoms with E-state index in [-0.39, 0.29) is 36.8 Å². The Labute approximate surface area is 182 Å². The number of nitrogens with zero attached hydrogens (tertiary/aromatic N) is 2. The lowest BCUT2D eigenvalue weighted by Gasteiger charge is -2.28. The van der Waals surface area contributed by atoms with E-state index in [2.05, 4.69) is 17.2 Å². The highest BCUT2D eigenvalue weighted by molar-refractivity contribution is 7.07. The van der Waals surface area contributed by atoms with Crippen molar-refractivity contribution in [3.05, 3.63) is 40.3 Å². The Hall–Kier alpha value is -1.54. The Morgan fingerprint density at radius 3 is 2.79 bits per heavy atom. The topological polar surface area (TPSA) is 63.7 Å². The van der Waals surface area contributed by atoms with Crippen LogP contribution < -0.4 is 14.8 Å². The third-order valence-electron chi connectivity index (χ3n) is 4.47. The molecule has 1 aromatic heterocycles. The van der Waals surface area contributed by atoms with Crippen molar-refractivity contribution in [1.29, 1.82) is 0 Å². The van der Waals surface area contributed by atoms with Crippen molar-refractivity contribution < 1.29 is 14.3 Å². The normalized spacial score (nSPS) is 15.3. The summed E-state index contributed by atoms with van der Waals surface area (Å²) in [6, 6.07) is 5.64. The molecule has 2 aromatic rings. The molecule has 1 aliphatic heterocycles. The molecule has 1 amide bonds. The summed E-state index contributed by atoms with van der Waals surface area (Å²) in [5.41, 5.74) is 3.28. The molecule has 1 atom stereocenters. The highest BCUT2D eigenvalue weighted by Gasteiger charge is 2.27. The van der Waals surface area contributed by atoms with Crippen molar-refractivity contribution in [3.8, 4) is 11.5 Å². The minimum Gasteiger partial charge on any atom is -0.493 e. The van der Waals surface area contributed by atoms with Crippen molar-refractivity contribution in [2.45, 2.75) is 32.4 Å². The first-order valence-electron chi connectivity index (χ1n) is 8.92. The molecule has 3 rings (SSSR count). The van der Waals surface area contributed by atoms with Gasteiger partial charge in [-0.05, 0) is 37.6 Å². The number of amides is 1. The van der Waals surface area contributed by atoms with E-state index in [0.717, 1.165) is 38.2 Å². The molecule has 1 aliphatic rings. The van der Waals surface area contributed by atoms with Crippen LogP contribution in [0.5, 0.6) is 11.5 Å². The number of nitrogens with one attached hydrogen (secondary N) is 1. The van der Waals surface area contributed by atoms with Crippen LogP contribution in [0.1, 0.15) is 35.8 Å². The average molecular weight is 448 g/mol. The van der Waals surface area contributed by atoms with Crippen molar-refractivity contribution in [3.63, 3.8) is 0 Å². The Kier molecular flexibility index (Phi) is 10.6. The van der Waals surface area contributed by atoms with E-state index in [1.807, 2.05) is 16.3 Å². The van der Waals surface area contributed by atoms with Gasteiger partial charge in [-0.1, -0.05) is 6.92 Å². The number of ether oxygens (including phenoxy) is 2. The molecular formula is C19H27Cl2N3O3S. The first-order valence-corrected chi connectivity index (χ1v) is 9.86. The number of thiazole rings is 1. The van der Waals surface area contributed by atoms with E-state index >= 15 is 0 Å². The van der Waals surface area contributed by atoms with Gasteiger partial charge >= 0.3 is 0 Å². The fourth-order valence-electron chi connectivity index (χ4n) is 3.14. The highest BCUT2D eigenvalue weighted by Crippen LogP contribution is 2.30. The molecule has 1 aromatic carbocycles. The van der Waals surface area contributed by atoms with Gasteiger partial charge in [0.05, 0.1) is 18.3 Å². The smallest absolute Gasteiger partial charge is 0.254 e. The van der Waals surface area contributed by atoms with Gasteiger partial charge < -0.3 is 19.7 Å². The second kappa shape index (κ2) is 12.1. The predicted molar refractivity (Wildman–Crippen MR) is 117 cm³/mol. The lowest BCUT2D eigenvalue weighted by atomic mass is 10.1. The number of halogens is 2. The van der Waals surface area contributed by atoms with Crippen LogP contribution in [0.2, 0.25) is 0 Å². The predicted octanol–water partition coefficient (Wildman–Crippen LogP) is 3.79. The summed E-state index contributed by atoms with van der Waals surface area (Å²) >= 11 is 1.53. The summed E-state index contributed by atoms with van der Waals surface area (Å²) in [7, 11) is 1.59. The monoisotopic (exact) mass is 447 g/mol. The van der Waals surface area contributed by atoms with E-state index in [4.69, 9.17) is 9.47 Å². The number of hydrogen-bond donors (Lipinski definition) is 1. The number of hydrogen-bond acceptors (Lipinski definition) is 6. The summed E-state index contributed by atoms with van der Waals surface area (Å²) < 4.78 is 11.2. The van der Waals surface area contributed by atoms with E-state index < -0.39 is 0 Å². The number of benzene rings is 1. The van der Waals surface area contributed by atoms with Crippen LogP contribution in [0.25, 0.3) is 0 Å². The third kappa shape index (κ3) is 5.98. The zero-order chi connectivity index (χ0) is 18.4. The fourth-order valence-corrected chi connectivity index (χ4v) is 3.69. The molecule has 1 saturated heterocycles. The number of carbonyl (C=O) groups is 1. The lowest BCUT2D eigenvalue weighted by molar-refractivity contribution is 0.0692. The Morgan fingerprint density at radius 1 is 1.36 bits per heavy atom. The van der Waals surface area contributed by atoms with Gasteiger partial charge in [-0.2, -0.15) is 0 Å². The molecule has 2 heterocycles. The van der Waals surface area contributed by atoms with Crippen molar-refractivity contribution >= 4 is 42.1 Å². The van der Waals surface area contributed by atoms with Gasteiger partial charge in [0.25, 0.3) is 5.91 Å². The summed E-state index contributed by atoms with van der Waals surface area (Å²) in [5, 5.41) is 5.28. The third-order valence-corrected chi connectivity index (χ3v) is 5.11. The molecule has 0 bridgehead atoms. The van der Waals surface area contributed by atoms with E-state index in [0.29, 0.717) is 23.7 Å². The van der Waals surface area contributed by atoms with Crippen LogP contribution in [0, 0.1) is 0 Å². The minimum atomic E-state index is 0. The van der Waals surface area contributed by atoms with Crippen LogP contribution in [0.3, 0.4) is 0 Å². The van der Waals surface area contributed by atoms with Crippen LogP contribution in [0.4, 0.5) is 0 Å². The first-order chi connectivity index (χ1) is 12.7. The zero-order valence-electron chi connectivity index (χ0n) is 16.1. The number of methoxy groups -OCH3 is 1. The summed E-state index contributed by atoms with van der Waals surface area (Å²) in [6.07, 6.45) is 1.94. The van der Waals surface area contributed by atoms with Crippen molar-refractivity contribution in [2.75, 3.05) is 26.7 Å². The Morgan fingerprint density at radius 2 is 2.18 bits per heavy atom. The standard InChI is InChI=1S/C19H25N3O3S.2ClH/c1-3-8-22(16-6-7-20-10-16)19(23)14-4-5-17(18(9-14)24-2)25-11-15-12-26-13-21-15;;/h4-5,9,12-13,16,20H,3,6-8,10-11H2,1-2H3;2*1H. The van der Waals surface area contributed by atoms with Crippen LogP contribution in [-0.4, -0.2) is 48.6 Å². The zero-order valence-corrected chi connectivity index (χ0v) is 18.5. The minimum absolute atomic E-state index is 0. The second-order valence-corrected chi connectivity index (χ2v) is 7.00. The Balaban J connectivity index is 0.00000196. The van der Waals surface area contributed by atoms with Gasteiger partial charge in [-0.25, -0.2) is 4.98 Å². The van der Waals surface area contributed by atoms with Crippen LogP contribution in [-0.2, 0) is 6.61 Å². The van der Waals surface area contributed by atoms with Crippen molar-refractivity contribution in [1.82, 2.24) is 15.2 Å². The quantitative estimate of drug-likeness (QED) is 0.666. The molecule has 1 fully saturated rings. The summed E-state index contributed by atoms with van der Waals surface area (Å²) in [4.78, 5) is 19.2. The molecule has 0 spiro atoms. The van der Waals surface area contributed by atoms with E-state index in [1.165, 1.54) is 11.3 Å². The van der Waals surface area contributed by atoms with Gasteiger partial charge in [-0.15, -0.1) is 36.2 Å². The molecule has 0 saturated carbocycles. The van der Waals surface area contributed by atoms with Crippen LogP contribution >= 0.6 is 36.2 Å². The molecule has 0 aliphatic carbocycles. The molecule has 156 valence electrons. The first kappa shape index (κ1) is 24.5. The number of aromatic nitrogens is 1. The molecule has 1 unspecified atom stereocenters. The number of rotatable bonds is 8. The molecule has 28 heavy (non-hydrogen) atoms.